The van der Waals surface area contributed by atoms with E-state index >= 15 is 0 Å². The van der Waals surface area contributed by atoms with E-state index in [1.807, 2.05) is 52.6 Å². The Labute approximate surface area is 126 Å². The zero-order chi connectivity index (χ0) is 16.1. The Morgan fingerprint density at radius 1 is 0.800 bits per heavy atom. The lowest BCUT2D eigenvalue weighted by Crippen LogP contribution is -1.83. The monoisotopic (exact) mass is 278 g/mol. The van der Waals surface area contributed by atoms with Crippen LogP contribution in [0.25, 0.3) is 0 Å². The zero-order valence-corrected chi connectivity index (χ0v) is 14.9. The van der Waals surface area contributed by atoms with Gasteiger partial charge in [0.1, 0.15) is 0 Å². The SMILES string of the molecule is CC.CC.CC(C)c1ccn(C)c1.Cc1ccn(C)c1. The predicted octanol–water partition coefficient (Wildman–Crippen LogP) is 5.53. The van der Waals surface area contributed by atoms with E-state index < -0.39 is 0 Å². The zero-order valence-electron chi connectivity index (χ0n) is 14.9. The van der Waals surface area contributed by atoms with E-state index in [-0.39, 0.29) is 0 Å². The smallest absolute Gasteiger partial charge is 0.0106 e. The molecule has 0 amide bonds. The number of hydrogen-bond donors (Lipinski definition) is 0. The summed E-state index contributed by atoms with van der Waals surface area (Å²) in [7, 11) is 4.07. The van der Waals surface area contributed by atoms with Gasteiger partial charge in [-0.05, 0) is 36.1 Å². The van der Waals surface area contributed by atoms with Crippen molar-refractivity contribution in [1.29, 1.82) is 0 Å². The molecule has 0 aromatic carbocycles. The third-order valence-electron chi connectivity index (χ3n) is 2.50. The first-order valence-corrected chi connectivity index (χ1v) is 7.69. The topological polar surface area (TPSA) is 9.86 Å². The number of aromatic nitrogens is 2. The van der Waals surface area contributed by atoms with Crippen LogP contribution in [0.4, 0.5) is 0 Å². The van der Waals surface area contributed by atoms with Gasteiger partial charge in [0.15, 0.2) is 0 Å². The molecule has 0 fully saturated rings. The fourth-order valence-electron chi connectivity index (χ4n) is 1.51. The first-order valence-electron chi connectivity index (χ1n) is 7.69. The quantitative estimate of drug-likeness (QED) is 0.648. The van der Waals surface area contributed by atoms with Gasteiger partial charge in [-0.1, -0.05) is 41.5 Å². The second-order valence-corrected chi connectivity index (χ2v) is 4.62. The van der Waals surface area contributed by atoms with Crippen molar-refractivity contribution in [3.8, 4) is 0 Å². The molecule has 2 heterocycles. The van der Waals surface area contributed by atoms with Crippen LogP contribution < -0.4 is 0 Å². The van der Waals surface area contributed by atoms with Crippen LogP contribution in [0, 0.1) is 6.92 Å². The van der Waals surface area contributed by atoms with E-state index in [1.165, 1.54) is 11.1 Å². The van der Waals surface area contributed by atoms with E-state index in [4.69, 9.17) is 0 Å². The first kappa shape index (κ1) is 20.9. The lowest BCUT2D eigenvalue weighted by atomic mass is 10.1. The van der Waals surface area contributed by atoms with Crippen LogP contribution in [0.15, 0.2) is 36.9 Å². The van der Waals surface area contributed by atoms with Gasteiger partial charge in [0, 0.05) is 38.9 Å². The highest BCUT2D eigenvalue weighted by Crippen LogP contribution is 2.12. The van der Waals surface area contributed by atoms with Crippen molar-refractivity contribution in [2.45, 2.75) is 54.4 Å². The third kappa shape index (κ3) is 9.48. The summed E-state index contributed by atoms with van der Waals surface area (Å²) in [6.45, 7) is 14.5. The average molecular weight is 278 g/mol. The summed E-state index contributed by atoms with van der Waals surface area (Å²) in [4.78, 5) is 0. The Hall–Kier alpha value is -1.44. The van der Waals surface area contributed by atoms with Gasteiger partial charge in [0.05, 0.1) is 0 Å². The van der Waals surface area contributed by atoms with Gasteiger partial charge in [-0.3, -0.25) is 0 Å². The highest BCUT2D eigenvalue weighted by Gasteiger charge is 1.97. The Bertz CT molecular complexity index is 406. The molecule has 0 radical (unpaired) electrons. The van der Waals surface area contributed by atoms with Gasteiger partial charge in [-0.2, -0.15) is 0 Å². The van der Waals surface area contributed by atoms with Crippen LogP contribution in [-0.4, -0.2) is 9.13 Å². The van der Waals surface area contributed by atoms with Crippen LogP contribution >= 0.6 is 0 Å². The van der Waals surface area contributed by atoms with Crippen molar-refractivity contribution in [1.82, 2.24) is 9.13 Å². The molecule has 0 atom stereocenters. The number of rotatable bonds is 1. The van der Waals surface area contributed by atoms with Crippen LogP contribution in [-0.2, 0) is 14.1 Å². The fraction of sp³-hybridized carbons (Fsp3) is 0.556. The van der Waals surface area contributed by atoms with Gasteiger partial charge in [0.2, 0.25) is 0 Å². The molecule has 2 rings (SSSR count). The molecule has 0 saturated carbocycles. The maximum absolute atomic E-state index is 2.20. The molecule has 2 nitrogen and oxygen atoms in total. The molecule has 0 spiro atoms. The largest absolute Gasteiger partial charge is 0.357 e. The van der Waals surface area contributed by atoms with Gasteiger partial charge in [-0.15, -0.1) is 0 Å². The summed E-state index contributed by atoms with van der Waals surface area (Å²) in [6.07, 6.45) is 8.36. The summed E-state index contributed by atoms with van der Waals surface area (Å²) in [5.74, 6) is 0.659. The predicted molar refractivity (Wildman–Crippen MR) is 92.3 cm³/mol. The maximum Gasteiger partial charge on any atom is 0.0106 e. The van der Waals surface area contributed by atoms with Gasteiger partial charge in [0.25, 0.3) is 0 Å². The normalized spacial score (nSPS) is 8.70. The van der Waals surface area contributed by atoms with Crippen LogP contribution in [0.2, 0.25) is 0 Å². The Kier molecular flexibility index (Phi) is 13.1. The molecule has 116 valence electrons. The Balaban J connectivity index is 0. The van der Waals surface area contributed by atoms with Crippen LogP contribution in [0.5, 0.6) is 0 Å². The highest BCUT2D eigenvalue weighted by atomic mass is 14.9. The summed E-state index contributed by atoms with van der Waals surface area (Å²) in [5, 5.41) is 0. The van der Waals surface area contributed by atoms with E-state index in [2.05, 4.69) is 56.1 Å². The fourth-order valence-corrected chi connectivity index (χ4v) is 1.51. The van der Waals surface area contributed by atoms with Gasteiger partial charge < -0.3 is 9.13 Å². The van der Waals surface area contributed by atoms with Crippen molar-refractivity contribution in [2.24, 2.45) is 14.1 Å². The van der Waals surface area contributed by atoms with Crippen LogP contribution in [0.3, 0.4) is 0 Å². The molecule has 0 saturated heterocycles. The lowest BCUT2D eigenvalue weighted by Gasteiger charge is -1.97. The molecular weight excluding hydrogens is 244 g/mol. The van der Waals surface area contributed by atoms with E-state index in [0.29, 0.717) is 5.92 Å². The van der Waals surface area contributed by atoms with Crippen molar-refractivity contribution >= 4 is 0 Å². The third-order valence-corrected chi connectivity index (χ3v) is 2.50. The standard InChI is InChI=1S/C8H13N.C6H9N.2C2H6/c1-7(2)8-4-5-9(3)6-8;1-6-3-4-7(2)5-6;2*1-2/h4-7H,1-3H3;3-5H,1-2H3;2*1-2H3. The van der Waals surface area contributed by atoms with Crippen molar-refractivity contribution in [2.75, 3.05) is 0 Å². The molecular formula is C18H34N2. The summed E-state index contributed by atoms with van der Waals surface area (Å²) >= 11 is 0. The van der Waals surface area contributed by atoms with E-state index in [9.17, 15) is 0 Å². The molecule has 0 aliphatic heterocycles. The van der Waals surface area contributed by atoms with E-state index in [0.717, 1.165) is 0 Å². The molecule has 2 heteroatoms. The lowest BCUT2D eigenvalue weighted by molar-refractivity contribution is 0.849. The average Bonchev–Trinajstić information content (AvgIpc) is 3.04. The first-order chi connectivity index (χ1) is 9.49. The summed E-state index contributed by atoms with van der Waals surface area (Å²) in [6, 6.07) is 4.24. The van der Waals surface area contributed by atoms with Crippen molar-refractivity contribution in [3.05, 3.63) is 48.0 Å². The Morgan fingerprint density at radius 2 is 1.25 bits per heavy atom. The minimum Gasteiger partial charge on any atom is -0.357 e. The van der Waals surface area contributed by atoms with E-state index in [1.54, 1.807) is 0 Å². The maximum atomic E-state index is 2.20. The summed E-state index contributed by atoms with van der Waals surface area (Å²) in [5.41, 5.74) is 2.74. The minimum absolute atomic E-state index is 0.659. The van der Waals surface area contributed by atoms with Crippen molar-refractivity contribution < 1.29 is 0 Å². The number of nitrogens with zero attached hydrogens (tertiary/aromatic N) is 2. The van der Waals surface area contributed by atoms with Crippen LogP contribution in [0.1, 0.15) is 58.6 Å². The molecule has 0 aliphatic rings. The molecule has 2 aromatic heterocycles. The summed E-state index contributed by atoms with van der Waals surface area (Å²) < 4.78 is 4.12. The molecule has 0 unspecified atom stereocenters. The van der Waals surface area contributed by atoms with Gasteiger partial charge in [-0.25, -0.2) is 0 Å². The second-order valence-electron chi connectivity index (χ2n) is 4.62. The Morgan fingerprint density at radius 3 is 1.40 bits per heavy atom. The van der Waals surface area contributed by atoms with Gasteiger partial charge >= 0.3 is 0 Å². The van der Waals surface area contributed by atoms with Crippen molar-refractivity contribution in [3.63, 3.8) is 0 Å². The number of aryl methyl sites for hydroxylation is 3. The molecule has 0 aliphatic carbocycles. The molecule has 2 aromatic rings. The highest BCUT2D eigenvalue weighted by molar-refractivity contribution is 5.13. The molecule has 0 N–H and O–H groups in total. The minimum atomic E-state index is 0.659. The molecule has 20 heavy (non-hydrogen) atoms. The molecule has 0 bridgehead atoms. The number of hydrogen-bond acceptors (Lipinski definition) is 0. The second kappa shape index (κ2) is 12.6.